The Kier molecular flexibility index (Phi) is 5.34. The lowest BCUT2D eigenvalue weighted by Gasteiger charge is -2.46. The highest BCUT2D eigenvalue weighted by molar-refractivity contribution is 5.60. The highest BCUT2D eigenvalue weighted by Gasteiger charge is 2.38. The highest BCUT2D eigenvalue weighted by atomic mass is 19.1. The summed E-state index contributed by atoms with van der Waals surface area (Å²) in [6, 6.07) is 5.83. The molecule has 0 radical (unpaired) electrons. The van der Waals surface area contributed by atoms with Gasteiger partial charge in [0.15, 0.2) is 11.6 Å². The van der Waals surface area contributed by atoms with Crippen molar-refractivity contribution >= 4 is 17.5 Å². The van der Waals surface area contributed by atoms with Crippen LogP contribution in [-0.2, 0) is 0 Å². The van der Waals surface area contributed by atoms with Gasteiger partial charge in [-0.2, -0.15) is 4.98 Å². The van der Waals surface area contributed by atoms with Crippen LogP contribution < -0.4 is 16.0 Å². The van der Waals surface area contributed by atoms with Crippen LogP contribution in [0.4, 0.5) is 21.8 Å². The fraction of sp³-hybridized carbons (Fsp3) is 0.476. The molecule has 0 unspecified atom stereocenters. The average molecular weight is 426 g/mol. The molecule has 10 heteroatoms. The number of rotatable bonds is 5. The Labute approximate surface area is 180 Å². The normalized spacial score (nSPS) is 18.0. The van der Waals surface area contributed by atoms with Crippen LogP contribution in [-0.4, -0.2) is 47.3 Å². The number of benzene rings is 1. The standard InChI is InChI=1S/C21H28FN9/c1-13-6-7-14(8-17(13)31-12-24-29-30-31)26-19-23-11-16(22)18(27-19)25-15-9-20(2,3)28-21(4,5)10-15/h6-8,11-12,15,28H,9-10H2,1-5H3,(H2,23,25,26,27). The van der Waals surface area contributed by atoms with E-state index in [4.69, 9.17) is 0 Å². The molecule has 0 atom stereocenters. The molecule has 31 heavy (non-hydrogen) atoms. The summed E-state index contributed by atoms with van der Waals surface area (Å²) in [5.41, 5.74) is 2.47. The van der Waals surface area contributed by atoms with Crippen molar-refractivity contribution in [2.24, 2.45) is 0 Å². The molecule has 0 amide bonds. The molecule has 2 aromatic heterocycles. The van der Waals surface area contributed by atoms with E-state index in [2.05, 4.69) is 69.1 Å². The molecule has 3 heterocycles. The van der Waals surface area contributed by atoms with Crippen molar-refractivity contribution in [3.63, 3.8) is 0 Å². The maximum Gasteiger partial charge on any atom is 0.229 e. The quantitative estimate of drug-likeness (QED) is 0.571. The molecule has 1 aromatic carbocycles. The van der Waals surface area contributed by atoms with Crippen molar-refractivity contribution in [3.8, 4) is 5.69 Å². The minimum absolute atomic E-state index is 0.0570. The van der Waals surface area contributed by atoms with Gasteiger partial charge in [0.1, 0.15) is 6.33 Å². The average Bonchev–Trinajstić information content (AvgIpc) is 3.18. The maximum absolute atomic E-state index is 14.5. The SMILES string of the molecule is Cc1ccc(Nc2ncc(F)c(NC3CC(C)(C)NC(C)(C)C3)n2)cc1-n1cnnn1. The molecule has 0 saturated carbocycles. The number of halogens is 1. The molecule has 9 nitrogen and oxygen atoms in total. The maximum atomic E-state index is 14.5. The van der Waals surface area contributed by atoms with E-state index in [0.29, 0.717) is 5.95 Å². The third kappa shape index (κ3) is 4.96. The smallest absolute Gasteiger partial charge is 0.229 e. The predicted molar refractivity (Wildman–Crippen MR) is 117 cm³/mol. The number of hydrogen-bond donors (Lipinski definition) is 3. The third-order valence-electron chi connectivity index (χ3n) is 5.34. The van der Waals surface area contributed by atoms with Gasteiger partial charge in [-0.1, -0.05) is 6.07 Å². The van der Waals surface area contributed by atoms with Crippen LogP contribution in [0.1, 0.15) is 46.1 Å². The van der Waals surface area contributed by atoms with Gasteiger partial charge in [0.25, 0.3) is 0 Å². The van der Waals surface area contributed by atoms with Crippen LogP contribution in [0.5, 0.6) is 0 Å². The second kappa shape index (κ2) is 7.84. The predicted octanol–water partition coefficient (Wildman–Crippen LogP) is 3.36. The number of nitrogens with one attached hydrogen (secondary N) is 3. The van der Waals surface area contributed by atoms with Crippen molar-refractivity contribution in [1.29, 1.82) is 0 Å². The van der Waals surface area contributed by atoms with Crippen LogP contribution in [0, 0.1) is 12.7 Å². The summed E-state index contributed by atoms with van der Waals surface area (Å²) in [6.07, 6.45) is 4.43. The molecule has 1 saturated heterocycles. The summed E-state index contributed by atoms with van der Waals surface area (Å²) in [4.78, 5) is 8.50. The lowest BCUT2D eigenvalue weighted by molar-refractivity contribution is 0.170. The van der Waals surface area contributed by atoms with Crippen LogP contribution in [0.25, 0.3) is 5.69 Å². The van der Waals surface area contributed by atoms with Gasteiger partial charge in [0.2, 0.25) is 5.95 Å². The number of hydrogen-bond acceptors (Lipinski definition) is 8. The largest absolute Gasteiger partial charge is 0.365 e. The van der Waals surface area contributed by atoms with E-state index in [1.807, 2.05) is 25.1 Å². The molecular weight excluding hydrogens is 397 g/mol. The monoisotopic (exact) mass is 425 g/mol. The lowest BCUT2D eigenvalue weighted by Crippen LogP contribution is -2.60. The van der Waals surface area contributed by atoms with E-state index in [9.17, 15) is 4.39 Å². The highest BCUT2D eigenvalue weighted by Crippen LogP contribution is 2.31. The Morgan fingerprint density at radius 2 is 1.90 bits per heavy atom. The first-order chi connectivity index (χ1) is 14.6. The van der Waals surface area contributed by atoms with Gasteiger partial charge in [-0.05, 0) is 75.6 Å². The van der Waals surface area contributed by atoms with Gasteiger partial charge < -0.3 is 16.0 Å². The Balaban J connectivity index is 1.54. The first kappa shape index (κ1) is 21.1. The van der Waals surface area contributed by atoms with Crippen molar-refractivity contribution in [2.75, 3.05) is 10.6 Å². The van der Waals surface area contributed by atoms with Crippen molar-refractivity contribution in [3.05, 3.63) is 42.1 Å². The summed E-state index contributed by atoms with van der Waals surface area (Å²) in [5.74, 6) is 0.0321. The number of nitrogens with zero attached hydrogens (tertiary/aromatic N) is 6. The Hall–Kier alpha value is -3.14. The minimum atomic E-state index is -0.474. The zero-order chi connectivity index (χ0) is 22.2. The van der Waals surface area contributed by atoms with Crippen LogP contribution in [0.2, 0.25) is 0 Å². The molecule has 0 aliphatic carbocycles. The Bertz CT molecular complexity index is 1050. The van der Waals surface area contributed by atoms with E-state index < -0.39 is 5.82 Å². The van der Waals surface area contributed by atoms with Gasteiger partial charge in [-0.15, -0.1) is 5.10 Å². The number of aryl methyl sites for hydroxylation is 1. The van der Waals surface area contributed by atoms with E-state index in [1.165, 1.54) is 12.5 Å². The molecule has 0 bridgehead atoms. The molecule has 0 spiro atoms. The molecule has 3 N–H and O–H groups in total. The number of aromatic nitrogens is 6. The van der Waals surface area contributed by atoms with Gasteiger partial charge >= 0.3 is 0 Å². The van der Waals surface area contributed by atoms with Crippen LogP contribution in [0.15, 0.2) is 30.7 Å². The molecule has 1 fully saturated rings. The number of piperidine rings is 1. The third-order valence-corrected chi connectivity index (χ3v) is 5.34. The topological polar surface area (TPSA) is 105 Å². The van der Waals surface area contributed by atoms with Crippen LogP contribution in [0.3, 0.4) is 0 Å². The van der Waals surface area contributed by atoms with Crippen LogP contribution >= 0.6 is 0 Å². The zero-order valence-electron chi connectivity index (χ0n) is 18.4. The Morgan fingerprint density at radius 3 is 2.58 bits per heavy atom. The second-order valence-corrected chi connectivity index (χ2v) is 9.41. The first-order valence-corrected chi connectivity index (χ1v) is 10.3. The van der Waals surface area contributed by atoms with E-state index in [-0.39, 0.29) is 22.9 Å². The summed E-state index contributed by atoms with van der Waals surface area (Å²) in [6.45, 7) is 10.6. The summed E-state index contributed by atoms with van der Waals surface area (Å²) >= 11 is 0. The van der Waals surface area contributed by atoms with Crippen molar-refractivity contribution in [1.82, 2.24) is 35.5 Å². The molecule has 1 aliphatic heterocycles. The van der Waals surface area contributed by atoms with Gasteiger partial charge in [-0.3, -0.25) is 0 Å². The fourth-order valence-electron chi connectivity index (χ4n) is 4.48. The summed E-state index contributed by atoms with van der Waals surface area (Å²) < 4.78 is 16.1. The summed E-state index contributed by atoms with van der Waals surface area (Å²) in [5, 5.41) is 21.4. The summed E-state index contributed by atoms with van der Waals surface area (Å²) in [7, 11) is 0. The van der Waals surface area contributed by atoms with Crippen molar-refractivity contribution in [2.45, 2.75) is 64.6 Å². The lowest BCUT2D eigenvalue weighted by atomic mass is 9.79. The zero-order valence-corrected chi connectivity index (χ0v) is 18.4. The van der Waals surface area contributed by atoms with E-state index in [0.717, 1.165) is 29.8 Å². The first-order valence-electron chi connectivity index (χ1n) is 10.3. The number of tetrazole rings is 1. The van der Waals surface area contributed by atoms with E-state index >= 15 is 0 Å². The fourth-order valence-corrected chi connectivity index (χ4v) is 4.48. The van der Waals surface area contributed by atoms with Gasteiger partial charge in [0, 0.05) is 22.8 Å². The van der Waals surface area contributed by atoms with Gasteiger partial charge in [0.05, 0.1) is 11.9 Å². The minimum Gasteiger partial charge on any atom is -0.365 e. The molecular formula is C21H28FN9. The molecule has 1 aliphatic rings. The second-order valence-electron chi connectivity index (χ2n) is 9.41. The number of anilines is 3. The van der Waals surface area contributed by atoms with Gasteiger partial charge in [-0.25, -0.2) is 14.1 Å². The Morgan fingerprint density at radius 1 is 1.16 bits per heavy atom. The molecule has 4 rings (SSSR count). The van der Waals surface area contributed by atoms with E-state index in [1.54, 1.807) is 4.68 Å². The molecule has 3 aromatic rings. The molecule has 164 valence electrons. The van der Waals surface area contributed by atoms with Crippen molar-refractivity contribution < 1.29 is 4.39 Å².